The standard InChI is InChI=1S/C23H24N6O3/c30-16-4-2-15(3-5-16)29-13-14-10-18(21(11-19(14)27-29)32-17-6-7-17)23(31)26-20-12-25-28-9-1-8-24-22(20)28/h1,8-13,15-17,30H,2-7H2,(H,26,31). The van der Waals surface area contributed by atoms with Gasteiger partial charge in [-0.25, -0.2) is 9.50 Å². The van der Waals surface area contributed by atoms with Gasteiger partial charge in [-0.15, -0.1) is 0 Å². The molecule has 0 spiro atoms. The van der Waals surface area contributed by atoms with Gasteiger partial charge in [0.2, 0.25) is 0 Å². The molecule has 1 aromatic carbocycles. The lowest BCUT2D eigenvalue weighted by molar-refractivity contribution is 0.102. The highest BCUT2D eigenvalue weighted by Crippen LogP contribution is 2.34. The summed E-state index contributed by atoms with van der Waals surface area (Å²) >= 11 is 0. The summed E-state index contributed by atoms with van der Waals surface area (Å²) in [6, 6.07) is 5.76. The van der Waals surface area contributed by atoms with Crippen LogP contribution in [-0.2, 0) is 0 Å². The third kappa shape index (κ3) is 3.58. The number of nitrogens with one attached hydrogen (secondary N) is 1. The van der Waals surface area contributed by atoms with E-state index in [2.05, 4.69) is 15.4 Å². The van der Waals surface area contributed by atoms with Crippen molar-refractivity contribution in [3.8, 4) is 5.75 Å². The summed E-state index contributed by atoms with van der Waals surface area (Å²) in [6.07, 6.45) is 12.3. The molecule has 9 nitrogen and oxygen atoms in total. The molecule has 4 aromatic rings. The Kier molecular flexibility index (Phi) is 4.57. The van der Waals surface area contributed by atoms with E-state index in [1.54, 1.807) is 29.2 Å². The Morgan fingerprint density at radius 3 is 2.81 bits per heavy atom. The summed E-state index contributed by atoms with van der Waals surface area (Å²) in [5, 5.41) is 22.6. The van der Waals surface area contributed by atoms with E-state index in [1.165, 1.54) is 0 Å². The van der Waals surface area contributed by atoms with Crippen molar-refractivity contribution in [2.75, 3.05) is 5.32 Å². The number of aromatic nitrogens is 5. The van der Waals surface area contributed by atoms with E-state index in [-0.39, 0.29) is 24.2 Å². The Morgan fingerprint density at radius 2 is 2.00 bits per heavy atom. The van der Waals surface area contributed by atoms with E-state index in [0.29, 0.717) is 22.6 Å². The monoisotopic (exact) mass is 432 g/mol. The average molecular weight is 432 g/mol. The molecule has 1 amide bonds. The van der Waals surface area contributed by atoms with Gasteiger partial charge in [-0.3, -0.25) is 9.48 Å². The molecule has 0 saturated heterocycles. The van der Waals surface area contributed by atoms with Crippen molar-refractivity contribution < 1.29 is 14.6 Å². The van der Waals surface area contributed by atoms with E-state index in [9.17, 15) is 9.90 Å². The van der Waals surface area contributed by atoms with Gasteiger partial charge in [-0.05, 0) is 50.7 Å². The number of carbonyl (C=O) groups excluding carboxylic acids is 1. The average Bonchev–Trinajstić information content (AvgIpc) is 3.38. The van der Waals surface area contributed by atoms with Crippen molar-refractivity contribution in [2.45, 2.75) is 56.8 Å². The van der Waals surface area contributed by atoms with E-state index < -0.39 is 0 Å². The van der Waals surface area contributed by atoms with Crippen LogP contribution in [0.25, 0.3) is 16.6 Å². The Bertz CT molecular complexity index is 1300. The van der Waals surface area contributed by atoms with Crippen LogP contribution in [0.5, 0.6) is 5.75 Å². The molecule has 2 aliphatic carbocycles. The van der Waals surface area contributed by atoms with Crippen molar-refractivity contribution in [3.05, 3.63) is 48.5 Å². The molecule has 164 valence electrons. The number of nitrogens with zero attached hydrogens (tertiary/aromatic N) is 5. The van der Waals surface area contributed by atoms with Gasteiger partial charge in [0, 0.05) is 30.0 Å². The predicted molar refractivity (Wildman–Crippen MR) is 118 cm³/mol. The van der Waals surface area contributed by atoms with Crippen LogP contribution >= 0.6 is 0 Å². The third-order valence-electron chi connectivity index (χ3n) is 6.25. The number of fused-ring (bicyclic) bond motifs is 2. The quantitative estimate of drug-likeness (QED) is 0.501. The van der Waals surface area contributed by atoms with Crippen LogP contribution in [0.2, 0.25) is 0 Å². The van der Waals surface area contributed by atoms with Gasteiger partial charge in [0.1, 0.15) is 11.4 Å². The fourth-order valence-electron chi connectivity index (χ4n) is 4.33. The van der Waals surface area contributed by atoms with Crippen LogP contribution in [0.1, 0.15) is 54.9 Å². The maximum atomic E-state index is 13.3. The Labute approximate surface area is 184 Å². The lowest BCUT2D eigenvalue weighted by atomic mass is 9.93. The Balaban J connectivity index is 1.34. The number of hydrogen-bond acceptors (Lipinski definition) is 6. The molecule has 6 rings (SSSR count). The first kappa shape index (κ1) is 19.2. The maximum absolute atomic E-state index is 13.3. The zero-order valence-corrected chi connectivity index (χ0v) is 17.5. The van der Waals surface area contributed by atoms with Crippen molar-refractivity contribution in [1.29, 1.82) is 0 Å². The molecule has 32 heavy (non-hydrogen) atoms. The van der Waals surface area contributed by atoms with Gasteiger partial charge in [-0.1, -0.05) is 0 Å². The van der Waals surface area contributed by atoms with Gasteiger partial charge >= 0.3 is 0 Å². The van der Waals surface area contributed by atoms with Gasteiger partial charge in [0.25, 0.3) is 5.91 Å². The van der Waals surface area contributed by atoms with Gasteiger partial charge in [0.15, 0.2) is 5.65 Å². The maximum Gasteiger partial charge on any atom is 0.259 e. The van der Waals surface area contributed by atoms with Crippen molar-refractivity contribution >= 4 is 28.1 Å². The minimum atomic E-state index is -0.267. The second-order valence-corrected chi connectivity index (χ2v) is 8.70. The molecule has 9 heteroatoms. The number of anilines is 1. The fraction of sp³-hybridized carbons (Fsp3) is 0.391. The van der Waals surface area contributed by atoms with Gasteiger partial charge in [-0.2, -0.15) is 10.2 Å². The SMILES string of the molecule is O=C(Nc1cnn2cccnc12)c1cc2cn(C3CCC(O)CC3)nc2cc1OC1CC1. The summed E-state index contributed by atoms with van der Waals surface area (Å²) in [6.45, 7) is 0. The first-order valence-corrected chi connectivity index (χ1v) is 11.1. The van der Waals surface area contributed by atoms with Crippen LogP contribution in [0.4, 0.5) is 5.69 Å². The number of amides is 1. The molecular weight excluding hydrogens is 408 g/mol. The molecule has 2 N–H and O–H groups in total. The zero-order valence-electron chi connectivity index (χ0n) is 17.5. The highest BCUT2D eigenvalue weighted by Gasteiger charge is 2.27. The normalized spacial score (nSPS) is 21.2. The Morgan fingerprint density at radius 1 is 1.16 bits per heavy atom. The van der Waals surface area contributed by atoms with Crippen LogP contribution in [0, 0.1) is 0 Å². The van der Waals surface area contributed by atoms with Gasteiger partial charge < -0.3 is 15.2 Å². The second-order valence-electron chi connectivity index (χ2n) is 8.70. The number of rotatable bonds is 5. The number of aliphatic hydroxyl groups excluding tert-OH is 1. The van der Waals surface area contributed by atoms with E-state index >= 15 is 0 Å². The molecule has 0 unspecified atom stereocenters. The minimum absolute atomic E-state index is 0.152. The molecule has 3 heterocycles. The number of benzene rings is 1. The molecule has 0 radical (unpaired) electrons. The number of carbonyl (C=O) groups is 1. The van der Waals surface area contributed by atoms with Crippen molar-refractivity contribution in [3.63, 3.8) is 0 Å². The first-order chi connectivity index (χ1) is 15.6. The lowest BCUT2D eigenvalue weighted by Crippen LogP contribution is -2.21. The minimum Gasteiger partial charge on any atom is -0.490 e. The Hall–Kier alpha value is -3.46. The highest BCUT2D eigenvalue weighted by atomic mass is 16.5. The fourth-order valence-corrected chi connectivity index (χ4v) is 4.33. The summed E-state index contributed by atoms with van der Waals surface area (Å²) < 4.78 is 9.68. The smallest absolute Gasteiger partial charge is 0.259 e. The summed E-state index contributed by atoms with van der Waals surface area (Å²) in [4.78, 5) is 17.6. The zero-order chi connectivity index (χ0) is 21.7. The van der Waals surface area contributed by atoms with Gasteiger partial charge in [0.05, 0.1) is 35.5 Å². The largest absolute Gasteiger partial charge is 0.490 e. The topological polar surface area (TPSA) is 107 Å². The van der Waals surface area contributed by atoms with E-state index in [4.69, 9.17) is 9.84 Å². The van der Waals surface area contributed by atoms with Crippen molar-refractivity contribution in [1.82, 2.24) is 24.4 Å². The van der Waals surface area contributed by atoms with Crippen LogP contribution in [0.15, 0.2) is 43.0 Å². The molecule has 0 aliphatic heterocycles. The lowest BCUT2D eigenvalue weighted by Gasteiger charge is -2.25. The summed E-state index contributed by atoms with van der Waals surface area (Å²) in [7, 11) is 0. The van der Waals surface area contributed by atoms with Crippen molar-refractivity contribution in [2.24, 2.45) is 0 Å². The first-order valence-electron chi connectivity index (χ1n) is 11.1. The van der Waals surface area contributed by atoms with Crippen LogP contribution in [0.3, 0.4) is 0 Å². The number of aliphatic hydroxyl groups is 1. The number of hydrogen-bond donors (Lipinski definition) is 2. The highest BCUT2D eigenvalue weighted by molar-refractivity contribution is 6.09. The van der Waals surface area contributed by atoms with Crippen LogP contribution < -0.4 is 10.1 Å². The summed E-state index contributed by atoms with van der Waals surface area (Å²) in [5.74, 6) is 0.280. The number of ether oxygens (including phenoxy) is 1. The summed E-state index contributed by atoms with van der Waals surface area (Å²) in [5.41, 5.74) is 2.41. The van der Waals surface area contributed by atoms with Crippen LogP contribution in [-0.4, -0.2) is 47.6 Å². The van der Waals surface area contributed by atoms with E-state index in [1.807, 2.05) is 23.0 Å². The third-order valence-corrected chi connectivity index (χ3v) is 6.25. The molecule has 2 fully saturated rings. The molecule has 2 aliphatic rings. The van der Waals surface area contributed by atoms with E-state index in [0.717, 1.165) is 49.4 Å². The second kappa shape index (κ2) is 7.59. The molecule has 2 saturated carbocycles. The predicted octanol–water partition coefficient (Wildman–Crippen LogP) is 3.35. The molecule has 0 atom stereocenters. The molecular formula is C23H24N6O3. The molecule has 3 aromatic heterocycles. The molecule has 0 bridgehead atoms.